The largest absolute Gasteiger partial charge is 0.416 e. The lowest BCUT2D eigenvalue weighted by molar-refractivity contribution is -0.137. The summed E-state index contributed by atoms with van der Waals surface area (Å²) in [6.45, 7) is 7.54. The lowest BCUT2D eigenvalue weighted by Crippen LogP contribution is -2.60. The second-order valence-corrected chi connectivity index (χ2v) is 9.84. The Morgan fingerprint density at radius 3 is 2.47 bits per heavy atom. The third-order valence-electron chi connectivity index (χ3n) is 6.33. The van der Waals surface area contributed by atoms with Crippen molar-refractivity contribution >= 4 is 5.91 Å². The molecule has 5 nitrogen and oxygen atoms in total. The summed E-state index contributed by atoms with van der Waals surface area (Å²) in [5.41, 5.74) is 5.80. The summed E-state index contributed by atoms with van der Waals surface area (Å²) in [5, 5.41) is 6.54. The SMILES string of the molecule is Cc1cc([C@@H](C)OC[C@@]2(c3ccccc3)CC[C@H](NC(=O)C(C)(C)N)CN2)cc(C(F)(F)F)c1. The van der Waals surface area contributed by atoms with E-state index in [1.165, 1.54) is 0 Å². The van der Waals surface area contributed by atoms with E-state index in [9.17, 15) is 18.0 Å². The quantitative estimate of drug-likeness (QED) is 0.545. The molecule has 0 aliphatic carbocycles. The Labute approximate surface area is 199 Å². The topological polar surface area (TPSA) is 76.4 Å². The molecule has 1 fully saturated rings. The van der Waals surface area contributed by atoms with E-state index in [1.807, 2.05) is 30.3 Å². The van der Waals surface area contributed by atoms with Crippen molar-refractivity contribution in [1.82, 2.24) is 10.6 Å². The van der Waals surface area contributed by atoms with E-state index in [0.29, 0.717) is 30.5 Å². The maximum Gasteiger partial charge on any atom is 0.416 e. The van der Waals surface area contributed by atoms with Crippen LogP contribution < -0.4 is 16.4 Å². The highest BCUT2D eigenvalue weighted by molar-refractivity contribution is 5.85. The second kappa shape index (κ2) is 10.1. The van der Waals surface area contributed by atoms with Crippen molar-refractivity contribution in [2.24, 2.45) is 5.73 Å². The van der Waals surface area contributed by atoms with Gasteiger partial charge in [0.05, 0.1) is 29.4 Å². The summed E-state index contributed by atoms with van der Waals surface area (Å²) in [7, 11) is 0. The number of carbonyl (C=O) groups is 1. The van der Waals surface area contributed by atoms with Crippen LogP contribution in [0.5, 0.6) is 0 Å². The van der Waals surface area contributed by atoms with Crippen LogP contribution in [0.2, 0.25) is 0 Å². The molecule has 186 valence electrons. The number of nitrogens with one attached hydrogen (secondary N) is 2. The standard InChI is InChI=1S/C26H34F3N3O2/c1-17-12-19(14-21(13-17)26(27,28)29)18(2)34-16-25(20-8-6-5-7-9-20)11-10-22(15-31-25)32-23(33)24(3,4)30/h5-9,12-14,18,22,31H,10-11,15-16,30H2,1-4H3,(H,32,33)/t18-,22+,25-/m1/s1. The monoisotopic (exact) mass is 477 g/mol. The molecule has 2 aromatic rings. The summed E-state index contributed by atoms with van der Waals surface area (Å²) in [5.74, 6) is -0.212. The Morgan fingerprint density at radius 1 is 1.24 bits per heavy atom. The lowest BCUT2D eigenvalue weighted by atomic mass is 9.81. The Bertz CT molecular complexity index is 979. The zero-order chi connectivity index (χ0) is 25.1. The first kappa shape index (κ1) is 26.2. The third-order valence-corrected chi connectivity index (χ3v) is 6.33. The molecule has 1 aliphatic heterocycles. The fourth-order valence-corrected chi connectivity index (χ4v) is 4.21. The number of ether oxygens (including phenoxy) is 1. The zero-order valence-electron chi connectivity index (χ0n) is 20.1. The number of nitrogens with two attached hydrogens (primary N) is 1. The van der Waals surface area contributed by atoms with Crippen LogP contribution in [0.1, 0.15) is 62.0 Å². The number of carbonyl (C=O) groups excluding carboxylic acids is 1. The Hall–Kier alpha value is -2.42. The second-order valence-electron chi connectivity index (χ2n) is 9.84. The maximum atomic E-state index is 13.3. The number of alkyl halides is 3. The predicted octanol–water partition coefficient (Wildman–Crippen LogP) is 4.59. The van der Waals surface area contributed by atoms with E-state index in [0.717, 1.165) is 17.7 Å². The molecular weight excluding hydrogens is 443 g/mol. The molecule has 3 atom stereocenters. The maximum absolute atomic E-state index is 13.3. The minimum Gasteiger partial charge on any atom is -0.372 e. The molecule has 8 heteroatoms. The highest BCUT2D eigenvalue weighted by atomic mass is 19.4. The van der Waals surface area contributed by atoms with E-state index in [2.05, 4.69) is 10.6 Å². The number of amides is 1. The van der Waals surface area contributed by atoms with E-state index in [-0.39, 0.29) is 18.6 Å². The van der Waals surface area contributed by atoms with E-state index < -0.39 is 28.9 Å². The Morgan fingerprint density at radius 2 is 1.91 bits per heavy atom. The summed E-state index contributed by atoms with van der Waals surface area (Å²) in [4.78, 5) is 12.3. The number of benzene rings is 2. The molecule has 0 unspecified atom stereocenters. The number of piperidine rings is 1. The predicted molar refractivity (Wildman–Crippen MR) is 126 cm³/mol. The van der Waals surface area contributed by atoms with Gasteiger partial charge in [-0.1, -0.05) is 42.0 Å². The smallest absolute Gasteiger partial charge is 0.372 e. The number of hydrogen-bond donors (Lipinski definition) is 3. The van der Waals surface area contributed by atoms with Gasteiger partial charge in [0.2, 0.25) is 5.91 Å². The molecule has 4 N–H and O–H groups in total. The molecule has 1 aliphatic rings. The van der Waals surface area contributed by atoms with Crippen LogP contribution in [0.3, 0.4) is 0 Å². The average molecular weight is 478 g/mol. The first-order valence-corrected chi connectivity index (χ1v) is 11.5. The Kier molecular flexibility index (Phi) is 7.75. The molecule has 0 saturated carbocycles. The summed E-state index contributed by atoms with van der Waals surface area (Å²) in [6.07, 6.45) is -3.54. The Balaban J connectivity index is 1.75. The van der Waals surface area contributed by atoms with Crippen LogP contribution in [-0.2, 0) is 21.2 Å². The van der Waals surface area contributed by atoms with Crippen LogP contribution in [0.4, 0.5) is 13.2 Å². The van der Waals surface area contributed by atoms with Crippen molar-refractivity contribution in [3.8, 4) is 0 Å². The normalized spacial score (nSPS) is 22.3. The van der Waals surface area contributed by atoms with Crippen molar-refractivity contribution in [3.05, 3.63) is 70.8 Å². The van der Waals surface area contributed by atoms with Gasteiger partial charge >= 0.3 is 6.18 Å². The van der Waals surface area contributed by atoms with Gasteiger partial charge in [-0.2, -0.15) is 13.2 Å². The molecule has 1 heterocycles. The van der Waals surface area contributed by atoms with E-state index >= 15 is 0 Å². The van der Waals surface area contributed by atoms with Crippen LogP contribution >= 0.6 is 0 Å². The minimum absolute atomic E-state index is 0.0734. The lowest BCUT2D eigenvalue weighted by Gasteiger charge is -2.42. The third kappa shape index (κ3) is 6.37. The number of aryl methyl sites for hydroxylation is 1. The van der Waals surface area contributed by atoms with Gasteiger partial charge in [-0.25, -0.2) is 0 Å². The average Bonchev–Trinajstić information content (AvgIpc) is 2.77. The molecule has 2 aromatic carbocycles. The zero-order valence-corrected chi connectivity index (χ0v) is 20.1. The van der Waals surface area contributed by atoms with E-state index in [4.69, 9.17) is 10.5 Å². The number of rotatable bonds is 7. The minimum atomic E-state index is -4.41. The molecule has 0 spiro atoms. The molecule has 3 rings (SSSR count). The van der Waals surface area contributed by atoms with Crippen LogP contribution in [-0.4, -0.2) is 30.6 Å². The van der Waals surface area contributed by atoms with Gasteiger partial charge in [0.15, 0.2) is 0 Å². The van der Waals surface area contributed by atoms with Crippen molar-refractivity contribution in [2.45, 2.75) is 69.9 Å². The fraction of sp³-hybridized carbons (Fsp3) is 0.500. The van der Waals surface area contributed by atoms with Gasteiger partial charge in [-0.3, -0.25) is 4.79 Å². The molecule has 0 aromatic heterocycles. The fourth-order valence-electron chi connectivity index (χ4n) is 4.21. The van der Waals surface area contributed by atoms with Crippen molar-refractivity contribution in [1.29, 1.82) is 0 Å². The number of hydrogen-bond acceptors (Lipinski definition) is 4. The summed E-state index contributed by atoms with van der Waals surface area (Å²) >= 11 is 0. The van der Waals surface area contributed by atoms with Gasteiger partial charge in [0.25, 0.3) is 0 Å². The van der Waals surface area contributed by atoms with E-state index in [1.54, 1.807) is 33.8 Å². The molecule has 1 amide bonds. The van der Waals surface area contributed by atoms with Gasteiger partial charge in [0, 0.05) is 12.6 Å². The highest BCUT2D eigenvalue weighted by Gasteiger charge is 2.39. The van der Waals surface area contributed by atoms with Crippen LogP contribution in [0, 0.1) is 6.92 Å². The summed E-state index contributed by atoms with van der Waals surface area (Å²) < 4.78 is 46.0. The van der Waals surface area contributed by atoms with Gasteiger partial charge in [-0.05, 0) is 63.8 Å². The van der Waals surface area contributed by atoms with Crippen molar-refractivity contribution in [2.75, 3.05) is 13.2 Å². The highest BCUT2D eigenvalue weighted by Crippen LogP contribution is 2.35. The van der Waals surface area contributed by atoms with Crippen molar-refractivity contribution < 1.29 is 22.7 Å². The van der Waals surface area contributed by atoms with Crippen molar-refractivity contribution in [3.63, 3.8) is 0 Å². The van der Waals surface area contributed by atoms with Gasteiger partial charge in [0.1, 0.15) is 0 Å². The molecular formula is C26H34F3N3O2. The molecule has 0 bridgehead atoms. The first-order valence-electron chi connectivity index (χ1n) is 11.5. The van der Waals surface area contributed by atoms with Gasteiger partial charge < -0.3 is 21.1 Å². The summed E-state index contributed by atoms with van der Waals surface area (Å²) in [6, 6.07) is 13.8. The van der Waals surface area contributed by atoms with Crippen LogP contribution in [0.15, 0.2) is 48.5 Å². The molecule has 0 radical (unpaired) electrons. The first-order chi connectivity index (χ1) is 15.8. The molecule has 34 heavy (non-hydrogen) atoms. The van der Waals surface area contributed by atoms with Gasteiger partial charge in [-0.15, -0.1) is 0 Å². The number of halogens is 3. The van der Waals surface area contributed by atoms with Crippen LogP contribution in [0.25, 0.3) is 0 Å². The molecule has 1 saturated heterocycles.